The highest BCUT2D eigenvalue weighted by Crippen LogP contribution is 2.28. The van der Waals surface area contributed by atoms with Gasteiger partial charge in [0, 0.05) is 0 Å². The average molecular weight is 338 g/mol. The van der Waals surface area contributed by atoms with Gasteiger partial charge in [-0.25, -0.2) is 0 Å². The first-order valence-electron chi connectivity index (χ1n) is 9.62. The smallest absolute Gasteiger partial charge is 0.310 e. The van der Waals surface area contributed by atoms with Gasteiger partial charge in [0.2, 0.25) is 0 Å². The average Bonchev–Trinajstić information content (AvgIpc) is 2.62. The van der Waals surface area contributed by atoms with Crippen LogP contribution in [0.15, 0.2) is 12.2 Å². The number of hydrogen-bond acceptors (Lipinski definition) is 4. The molecule has 0 radical (unpaired) electrons. The first kappa shape index (κ1) is 20.7. The van der Waals surface area contributed by atoms with Crippen molar-refractivity contribution in [3.63, 3.8) is 0 Å². The fraction of sp³-hybridized carbons (Fsp3) is 0.800. The monoisotopic (exact) mass is 338 g/mol. The molecule has 0 aromatic rings. The summed E-state index contributed by atoms with van der Waals surface area (Å²) in [5, 5.41) is 0. The van der Waals surface area contributed by atoms with E-state index in [9.17, 15) is 9.59 Å². The minimum atomic E-state index is -0.396. The Bertz CT molecular complexity index is 398. The Morgan fingerprint density at radius 2 is 1.50 bits per heavy atom. The number of ether oxygens (including phenoxy) is 2. The van der Waals surface area contributed by atoms with Crippen molar-refractivity contribution in [3.05, 3.63) is 12.2 Å². The van der Waals surface area contributed by atoms with Gasteiger partial charge in [-0.15, -0.1) is 0 Å². The molecule has 4 heteroatoms. The van der Waals surface area contributed by atoms with Crippen molar-refractivity contribution in [2.45, 2.75) is 72.1 Å². The molecular formula is C20H34O4. The van der Waals surface area contributed by atoms with Crippen molar-refractivity contribution in [3.8, 4) is 0 Å². The first-order valence-corrected chi connectivity index (χ1v) is 9.62. The standard InChI is InChI=1S/C20H34O4/c1-4-7-8-11-14-23-19(21)17-12-9-10-13-18(17)20(22)24-15-16(5-2)6-3/h9-10,16-18H,4-8,11-15H2,1-3H3. The molecule has 4 nitrogen and oxygen atoms in total. The normalized spacial score (nSPS) is 20.2. The molecule has 1 aliphatic carbocycles. The van der Waals surface area contributed by atoms with E-state index in [2.05, 4.69) is 20.8 Å². The highest BCUT2D eigenvalue weighted by molar-refractivity contribution is 5.82. The van der Waals surface area contributed by atoms with Gasteiger partial charge in [0.15, 0.2) is 0 Å². The van der Waals surface area contributed by atoms with Crippen LogP contribution in [0.1, 0.15) is 72.1 Å². The molecule has 0 saturated carbocycles. The van der Waals surface area contributed by atoms with Gasteiger partial charge in [-0.1, -0.05) is 65.0 Å². The third-order valence-corrected chi connectivity index (χ3v) is 4.90. The van der Waals surface area contributed by atoms with E-state index < -0.39 is 11.8 Å². The molecular weight excluding hydrogens is 304 g/mol. The second kappa shape index (κ2) is 12.1. The minimum Gasteiger partial charge on any atom is -0.465 e. The van der Waals surface area contributed by atoms with Gasteiger partial charge in [-0.2, -0.15) is 0 Å². The van der Waals surface area contributed by atoms with E-state index in [1.165, 1.54) is 0 Å². The van der Waals surface area contributed by atoms with Crippen LogP contribution in [0.25, 0.3) is 0 Å². The Morgan fingerprint density at radius 1 is 0.917 bits per heavy atom. The molecule has 0 N–H and O–H groups in total. The SMILES string of the molecule is CCCCCCOC(=O)C1CC=CCC1C(=O)OCC(CC)CC. The summed E-state index contributed by atoms with van der Waals surface area (Å²) < 4.78 is 10.9. The summed E-state index contributed by atoms with van der Waals surface area (Å²) in [4.78, 5) is 24.7. The Hall–Kier alpha value is -1.32. The Morgan fingerprint density at radius 3 is 2.04 bits per heavy atom. The summed E-state index contributed by atoms with van der Waals surface area (Å²) in [5.41, 5.74) is 0. The van der Waals surface area contributed by atoms with Crippen LogP contribution in [-0.2, 0) is 19.1 Å². The summed E-state index contributed by atoms with van der Waals surface area (Å²) in [6, 6.07) is 0. The lowest BCUT2D eigenvalue weighted by atomic mass is 9.83. The van der Waals surface area contributed by atoms with Crippen LogP contribution in [0, 0.1) is 17.8 Å². The molecule has 0 fully saturated rings. The molecule has 0 amide bonds. The van der Waals surface area contributed by atoms with Crippen LogP contribution >= 0.6 is 0 Å². The van der Waals surface area contributed by atoms with Crippen LogP contribution in [0.2, 0.25) is 0 Å². The lowest BCUT2D eigenvalue weighted by molar-refractivity contribution is -0.161. The van der Waals surface area contributed by atoms with Crippen LogP contribution in [-0.4, -0.2) is 25.2 Å². The summed E-state index contributed by atoms with van der Waals surface area (Å²) in [5.74, 6) is -0.889. The van der Waals surface area contributed by atoms with Crippen molar-refractivity contribution in [1.29, 1.82) is 0 Å². The van der Waals surface area contributed by atoms with E-state index in [1.807, 2.05) is 12.2 Å². The van der Waals surface area contributed by atoms with Gasteiger partial charge in [-0.05, 0) is 25.2 Å². The van der Waals surface area contributed by atoms with E-state index >= 15 is 0 Å². The van der Waals surface area contributed by atoms with Crippen molar-refractivity contribution in [1.82, 2.24) is 0 Å². The maximum atomic E-state index is 12.4. The molecule has 0 saturated heterocycles. The van der Waals surface area contributed by atoms with Crippen LogP contribution in [0.3, 0.4) is 0 Å². The Labute approximate surface area is 147 Å². The zero-order valence-electron chi connectivity index (χ0n) is 15.6. The van der Waals surface area contributed by atoms with Gasteiger partial charge in [0.1, 0.15) is 0 Å². The van der Waals surface area contributed by atoms with Gasteiger partial charge in [0.05, 0.1) is 25.0 Å². The highest BCUT2D eigenvalue weighted by atomic mass is 16.5. The molecule has 0 bridgehead atoms. The molecule has 0 aliphatic heterocycles. The second-order valence-corrected chi connectivity index (χ2v) is 6.70. The number of carbonyl (C=O) groups is 2. The van der Waals surface area contributed by atoms with Crippen molar-refractivity contribution >= 4 is 11.9 Å². The topological polar surface area (TPSA) is 52.6 Å². The second-order valence-electron chi connectivity index (χ2n) is 6.70. The minimum absolute atomic E-state index is 0.250. The number of esters is 2. The molecule has 1 rings (SSSR count). The number of carbonyl (C=O) groups excluding carboxylic acids is 2. The molecule has 24 heavy (non-hydrogen) atoms. The van der Waals surface area contributed by atoms with Crippen LogP contribution < -0.4 is 0 Å². The molecule has 2 unspecified atom stereocenters. The van der Waals surface area contributed by atoms with Crippen molar-refractivity contribution in [2.75, 3.05) is 13.2 Å². The van der Waals surface area contributed by atoms with E-state index in [1.54, 1.807) is 0 Å². The number of hydrogen-bond donors (Lipinski definition) is 0. The van der Waals surface area contributed by atoms with Crippen LogP contribution in [0.5, 0.6) is 0 Å². The molecule has 0 aromatic heterocycles. The van der Waals surface area contributed by atoms with Gasteiger partial charge in [-0.3, -0.25) is 9.59 Å². The first-order chi connectivity index (χ1) is 11.6. The summed E-state index contributed by atoms with van der Waals surface area (Å²) in [6.45, 7) is 7.26. The lowest BCUT2D eigenvalue weighted by Crippen LogP contribution is -2.34. The number of rotatable bonds is 11. The molecule has 2 atom stereocenters. The van der Waals surface area contributed by atoms with Crippen molar-refractivity contribution in [2.24, 2.45) is 17.8 Å². The quantitative estimate of drug-likeness (QED) is 0.312. The predicted molar refractivity (Wildman–Crippen MR) is 95.5 cm³/mol. The van der Waals surface area contributed by atoms with E-state index in [0.29, 0.717) is 32.0 Å². The molecule has 1 aliphatic rings. The lowest BCUT2D eigenvalue weighted by Gasteiger charge is -2.26. The van der Waals surface area contributed by atoms with Crippen LogP contribution in [0.4, 0.5) is 0 Å². The van der Waals surface area contributed by atoms with Gasteiger partial charge in [0.25, 0.3) is 0 Å². The Balaban J connectivity index is 2.47. The highest BCUT2D eigenvalue weighted by Gasteiger charge is 2.36. The fourth-order valence-electron chi connectivity index (χ4n) is 2.98. The maximum absolute atomic E-state index is 12.4. The third kappa shape index (κ3) is 7.06. The van der Waals surface area contributed by atoms with E-state index in [4.69, 9.17) is 9.47 Å². The van der Waals surface area contributed by atoms with E-state index in [0.717, 1.165) is 38.5 Å². The van der Waals surface area contributed by atoms with Crippen molar-refractivity contribution < 1.29 is 19.1 Å². The number of unbranched alkanes of at least 4 members (excludes halogenated alkanes) is 3. The Kier molecular flexibility index (Phi) is 10.4. The zero-order valence-corrected chi connectivity index (χ0v) is 15.6. The summed E-state index contributed by atoms with van der Waals surface area (Å²) in [6.07, 6.45) is 11.4. The third-order valence-electron chi connectivity index (χ3n) is 4.90. The molecule has 138 valence electrons. The largest absolute Gasteiger partial charge is 0.465 e. The maximum Gasteiger partial charge on any atom is 0.310 e. The summed E-state index contributed by atoms with van der Waals surface area (Å²) in [7, 11) is 0. The molecule has 0 spiro atoms. The number of allylic oxidation sites excluding steroid dienone is 2. The van der Waals surface area contributed by atoms with Gasteiger partial charge >= 0.3 is 11.9 Å². The molecule has 0 aromatic carbocycles. The summed E-state index contributed by atoms with van der Waals surface area (Å²) >= 11 is 0. The van der Waals surface area contributed by atoms with E-state index in [-0.39, 0.29) is 11.9 Å². The predicted octanol–water partition coefficient (Wildman–Crippen LogP) is 4.67. The molecule has 0 heterocycles. The van der Waals surface area contributed by atoms with Gasteiger partial charge < -0.3 is 9.47 Å². The fourth-order valence-corrected chi connectivity index (χ4v) is 2.98. The zero-order chi connectivity index (χ0) is 17.8.